The smallest absolute Gasteiger partial charge is 0.0727 e. The Balaban J connectivity index is 1.03. The second-order valence-corrected chi connectivity index (χ2v) is 18.4. The topological polar surface area (TPSA) is 11.4 Å². The van der Waals surface area contributed by atoms with E-state index < -0.39 is 5.41 Å². The van der Waals surface area contributed by atoms with Crippen molar-refractivity contribution in [3.05, 3.63) is 295 Å². The van der Waals surface area contributed by atoms with E-state index in [-0.39, 0.29) is 0 Å². The average molecular weight is 892 g/mol. The molecule has 0 bridgehead atoms. The zero-order chi connectivity index (χ0) is 46.2. The number of para-hydroxylation sites is 4. The van der Waals surface area contributed by atoms with Gasteiger partial charge in [0.05, 0.1) is 22.1 Å². The number of anilines is 6. The van der Waals surface area contributed by atoms with Gasteiger partial charge in [0.15, 0.2) is 0 Å². The molecule has 3 heteroatoms. The molecule has 70 heavy (non-hydrogen) atoms. The lowest BCUT2D eigenvalue weighted by molar-refractivity contribution is 0.793. The molecule has 0 N–H and O–H groups in total. The summed E-state index contributed by atoms with van der Waals surface area (Å²) < 4.78 is 2.42. The van der Waals surface area contributed by atoms with Crippen molar-refractivity contribution in [1.82, 2.24) is 4.57 Å². The van der Waals surface area contributed by atoms with Gasteiger partial charge in [-0.15, -0.1) is 0 Å². The van der Waals surface area contributed by atoms with Gasteiger partial charge in [-0.2, -0.15) is 0 Å². The zero-order valence-electron chi connectivity index (χ0n) is 38.3. The molecular weight excluding hydrogens is 847 g/mol. The number of fused-ring (bicyclic) bond motifs is 13. The highest BCUT2D eigenvalue weighted by Crippen LogP contribution is 2.65. The number of rotatable bonds is 8. The number of benzene rings is 11. The Bertz CT molecular complexity index is 3900. The van der Waals surface area contributed by atoms with Gasteiger partial charge in [0.2, 0.25) is 0 Å². The van der Waals surface area contributed by atoms with Crippen molar-refractivity contribution in [2.45, 2.75) is 5.41 Å². The Hall–Kier alpha value is -9.18. The van der Waals surface area contributed by atoms with Gasteiger partial charge in [0.25, 0.3) is 0 Å². The van der Waals surface area contributed by atoms with E-state index in [0.29, 0.717) is 0 Å². The minimum Gasteiger partial charge on any atom is -0.310 e. The summed E-state index contributed by atoms with van der Waals surface area (Å²) in [4.78, 5) is 4.89. The van der Waals surface area contributed by atoms with Crippen LogP contribution in [0.2, 0.25) is 0 Å². The van der Waals surface area contributed by atoms with E-state index in [1.807, 2.05) is 0 Å². The third kappa shape index (κ3) is 5.95. The Labute approximate surface area is 408 Å². The largest absolute Gasteiger partial charge is 0.310 e. The molecule has 0 fully saturated rings. The third-order valence-corrected chi connectivity index (χ3v) is 14.8. The first kappa shape index (κ1) is 39.9. The first-order valence-corrected chi connectivity index (χ1v) is 24.2. The summed E-state index contributed by atoms with van der Waals surface area (Å²) in [6.07, 6.45) is 0. The summed E-state index contributed by atoms with van der Waals surface area (Å²) in [5, 5.41) is 2.46. The second kappa shape index (κ2) is 16.0. The highest BCUT2D eigenvalue weighted by molar-refractivity contribution is 6.11. The Kier molecular flexibility index (Phi) is 9.11. The van der Waals surface area contributed by atoms with Crippen LogP contribution in [0.15, 0.2) is 273 Å². The molecule has 1 heterocycles. The number of aromatic nitrogens is 1. The fourth-order valence-corrected chi connectivity index (χ4v) is 11.9. The van der Waals surface area contributed by atoms with E-state index in [2.05, 4.69) is 287 Å². The number of hydrogen-bond acceptors (Lipinski definition) is 2. The molecule has 3 nitrogen and oxygen atoms in total. The maximum atomic E-state index is 2.50. The predicted molar refractivity (Wildman–Crippen MR) is 292 cm³/mol. The summed E-state index contributed by atoms with van der Waals surface area (Å²) in [5.74, 6) is 0. The maximum Gasteiger partial charge on any atom is 0.0727 e. The number of hydrogen-bond donors (Lipinski definition) is 0. The van der Waals surface area contributed by atoms with Gasteiger partial charge in [-0.25, -0.2) is 0 Å². The minimum atomic E-state index is -0.588. The van der Waals surface area contributed by atoms with Crippen LogP contribution in [-0.2, 0) is 5.41 Å². The molecule has 328 valence electrons. The van der Waals surface area contributed by atoms with Crippen molar-refractivity contribution in [3.63, 3.8) is 0 Å². The first-order valence-electron chi connectivity index (χ1n) is 24.2. The molecule has 0 radical (unpaired) electrons. The van der Waals surface area contributed by atoms with Crippen molar-refractivity contribution in [2.75, 3.05) is 9.80 Å². The second-order valence-electron chi connectivity index (χ2n) is 18.4. The summed E-state index contributed by atoms with van der Waals surface area (Å²) in [6.45, 7) is 0. The Morgan fingerprint density at radius 3 is 1.51 bits per heavy atom. The minimum absolute atomic E-state index is 0.588. The van der Waals surface area contributed by atoms with Gasteiger partial charge >= 0.3 is 0 Å². The molecule has 1 aromatic heterocycles. The van der Waals surface area contributed by atoms with Crippen molar-refractivity contribution < 1.29 is 0 Å². The Morgan fingerprint density at radius 1 is 0.286 bits per heavy atom. The van der Waals surface area contributed by atoms with Gasteiger partial charge in [0.1, 0.15) is 0 Å². The molecule has 2 aliphatic carbocycles. The lowest BCUT2D eigenvalue weighted by atomic mass is 9.70. The molecule has 0 aliphatic heterocycles. The average Bonchev–Trinajstić information content (AvgIpc) is 4.04. The molecule has 14 rings (SSSR count). The van der Waals surface area contributed by atoms with Crippen molar-refractivity contribution in [2.24, 2.45) is 0 Å². The summed E-state index contributed by atoms with van der Waals surface area (Å²) in [6, 6.07) is 100. The number of nitrogens with zero attached hydrogens (tertiary/aromatic N) is 3. The van der Waals surface area contributed by atoms with Gasteiger partial charge in [0, 0.05) is 50.5 Å². The van der Waals surface area contributed by atoms with Crippen LogP contribution in [0.1, 0.15) is 22.3 Å². The molecule has 0 amide bonds. The van der Waals surface area contributed by atoms with Crippen LogP contribution >= 0.6 is 0 Å². The quantitative estimate of drug-likeness (QED) is 0.151. The molecule has 2 aliphatic rings. The molecule has 1 spiro atoms. The standard InChI is InChI=1S/C67H45N3/c1-5-20-46(21-6-1)47-36-38-51(39-37-47)69(53-41-43-57-56-29-15-18-34-63(56)70(65(57)45-53)50-26-11-4-12-27-50)64-35-19-33-61-66(64)58-30-14-17-32-60(58)67(61)59-31-16-13-28-54(59)55-42-40-52(44-62(55)67)68(48-22-7-2-8-23-48)49-24-9-3-10-25-49/h1-45H. The summed E-state index contributed by atoms with van der Waals surface area (Å²) in [5.41, 5.74) is 22.1. The van der Waals surface area contributed by atoms with E-state index >= 15 is 0 Å². The lowest BCUT2D eigenvalue weighted by Crippen LogP contribution is -2.26. The molecular formula is C67H45N3. The molecule has 0 saturated heterocycles. The van der Waals surface area contributed by atoms with E-state index in [1.54, 1.807) is 0 Å². The van der Waals surface area contributed by atoms with Crippen LogP contribution in [-0.4, -0.2) is 4.57 Å². The molecule has 1 unspecified atom stereocenters. The zero-order valence-corrected chi connectivity index (χ0v) is 38.3. The molecule has 1 atom stereocenters. The van der Waals surface area contributed by atoms with Crippen molar-refractivity contribution >= 4 is 55.9 Å². The van der Waals surface area contributed by atoms with Crippen LogP contribution in [0.3, 0.4) is 0 Å². The van der Waals surface area contributed by atoms with Crippen LogP contribution in [0.4, 0.5) is 34.1 Å². The molecule has 11 aromatic carbocycles. The van der Waals surface area contributed by atoms with Gasteiger partial charge < -0.3 is 14.4 Å². The van der Waals surface area contributed by atoms with Crippen molar-refractivity contribution in [3.8, 4) is 39.1 Å². The lowest BCUT2D eigenvalue weighted by Gasteiger charge is -2.33. The normalized spacial score (nSPS) is 14.1. The van der Waals surface area contributed by atoms with Gasteiger partial charge in [-0.3, -0.25) is 0 Å². The van der Waals surface area contributed by atoms with Gasteiger partial charge in [-0.1, -0.05) is 188 Å². The highest BCUT2D eigenvalue weighted by Gasteiger charge is 2.52. The molecule has 0 saturated carbocycles. The SMILES string of the molecule is c1ccc(-c2ccc(N(c3ccc4c5ccccc5n(-c5ccccc5)c4c3)c3cccc4c3-c3ccccc3C43c4ccccc4-c4ccc(N(c5ccccc5)c5ccccc5)cc43)cc2)cc1. The first-order chi connectivity index (χ1) is 34.8. The third-order valence-electron chi connectivity index (χ3n) is 14.8. The van der Waals surface area contributed by atoms with E-state index in [4.69, 9.17) is 0 Å². The predicted octanol–water partition coefficient (Wildman–Crippen LogP) is 17.7. The highest BCUT2D eigenvalue weighted by atomic mass is 15.2. The van der Waals surface area contributed by atoms with Crippen LogP contribution in [0.5, 0.6) is 0 Å². The summed E-state index contributed by atoms with van der Waals surface area (Å²) >= 11 is 0. The van der Waals surface area contributed by atoms with E-state index in [9.17, 15) is 0 Å². The van der Waals surface area contributed by atoms with Crippen molar-refractivity contribution in [1.29, 1.82) is 0 Å². The maximum absolute atomic E-state index is 2.50. The van der Waals surface area contributed by atoms with Crippen LogP contribution < -0.4 is 9.80 Å². The molecule has 12 aromatic rings. The van der Waals surface area contributed by atoms with Crippen LogP contribution in [0.25, 0.3) is 60.9 Å². The summed E-state index contributed by atoms with van der Waals surface area (Å²) in [7, 11) is 0. The fourth-order valence-electron chi connectivity index (χ4n) is 11.9. The Morgan fingerprint density at radius 2 is 0.786 bits per heavy atom. The monoisotopic (exact) mass is 891 g/mol. The van der Waals surface area contributed by atoms with Crippen LogP contribution in [0, 0.1) is 0 Å². The van der Waals surface area contributed by atoms with Gasteiger partial charge in [-0.05, 0) is 135 Å². The fraction of sp³-hybridized carbons (Fsp3) is 0.0149. The van der Waals surface area contributed by atoms with E-state index in [0.717, 1.165) is 45.3 Å². The van der Waals surface area contributed by atoms with E-state index in [1.165, 1.54) is 71.9 Å².